The van der Waals surface area contributed by atoms with E-state index in [0.29, 0.717) is 5.01 Å². The number of thiazole rings is 1. The van der Waals surface area contributed by atoms with E-state index in [9.17, 15) is 4.79 Å². The summed E-state index contributed by atoms with van der Waals surface area (Å²) in [5, 5.41) is 1.75. The third-order valence-corrected chi connectivity index (χ3v) is 6.95. The van der Waals surface area contributed by atoms with E-state index in [4.69, 9.17) is 26.7 Å². The van der Waals surface area contributed by atoms with Crippen molar-refractivity contribution in [3.05, 3.63) is 65.0 Å². The maximum atomic E-state index is 13.4. The van der Waals surface area contributed by atoms with Crippen molar-refractivity contribution in [3.63, 3.8) is 0 Å². The van der Waals surface area contributed by atoms with Gasteiger partial charge >= 0.3 is 0 Å². The first-order chi connectivity index (χ1) is 14.9. The Bertz CT molecular complexity index is 1330. The van der Waals surface area contributed by atoms with Crippen molar-refractivity contribution < 1.29 is 9.21 Å². The minimum Gasteiger partial charge on any atom is -0.464 e. The largest absolute Gasteiger partial charge is 0.464 e. The maximum absolute atomic E-state index is 13.4. The number of nitrogens with two attached hydrogens (primary N) is 1. The minimum atomic E-state index is -0.985. The molecule has 0 spiro atoms. The number of likely N-dealkylation sites (N-methyl/N-ethyl adjacent to an activating group) is 1. The summed E-state index contributed by atoms with van der Waals surface area (Å²) < 4.78 is 5.45. The lowest BCUT2D eigenvalue weighted by Gasteiger charge is -2.39. The minimum absolute atomic E-state index is 0.149. The van der Waals surface area contributed by atoms with Gasteiger partial charge in [0.1, 0.15) is 16.1 Å². The van der Waals surface area contributed by atoms with Crippen LogP contribution in [-0.4, -0.2) is 38.8 Å². The Labute approximate surface area is 186 Å². The van der Waals surface area contributed by atoms with Crippen LogP contribution in [0.2, 0.25) is 5.28 Å². The van der Waals surface area contributed by atoms with E-state index in [1.54, 1.807) is 31.9 Å². The summed E-state index contributed by atoms with van der Waals surface area (Å²) in [6.07, 6.45) is 6.62. The van der Waals surface area contributed by atoms with Crippen molar-refractivity contribution in [1.82, 2.24) is 19.9 Å². The van der Waals surface area contributed by atoms with Gasteiger partial charge in [-0.25, -0.2) is 19.9 Å². The molecule has 0 bridgehead atoms. The van der Waals surface area contributed by atoms with Crippen LogP contribution in [0.25, 0.3) is 21.4 Å². The third kappa shape index (κ3) is 3.17. The molecule has 4 aromatic rings. The Morgan fingerprint density at radius 1 is 1.19 bits per heavy atom. The quantitative estimate of drug-likeness (QED) is 0.473. The van der Waals surface area contributed by atoms with Crippen LogP contribution < -0.4 is 5.73 Å². The van der Waals surface area contributed by atoms with Crippen LogP contribution in [0.15, 0.2) is 58.5 Å². The number of hydrogen-bond donors (Lipinski definition) is 1. The highest BCUT2D eigenvalue weighted by molar-refractivity contribution is 7.15. The summed E-state index contributed by atoms with van der Waals surface area (Å²) >= 11 is 7.22. The number of carbonyl (C=O) groups excluding carboxylic acids is 1. The van der Waals surface area contributed by atoms with Crippen LogP contribution in [0.1, 0.15) is 23.4 Å². The van der Waals surface area contributed by atoms with Gasteiger partial charge in [-0.3, -0.25) is 9.69 Å². The summed E-state index contributed by atoms with van der Waals surface area (Å²) in [6, 6.07) is 7.57. The molecule has 0 saturated heterocycles. The van der Waals surface area contributed by atoms with Gasteiger partial charge in [-0.15, -0.1) is 11.3 Å². The van der Waals surface area contributed by atoms with Crippen LogP contribution in [0.5, 0.6) is 0 Å². The fourth-order valence-electron chi connectivity index (χ4n) is 3.81. The van der Waals surface area contributed by atoms with E-state index < -0.39 is 11.5 Å². The second-order valence-electron chi connectivity index (χ2n) is 7.44. The summed E-state index contributed by atoms with van der Waals surface area (Å²) in [6.45, 7) is 1.88. The van der Waals surface area contributed by atoms with Gasteiger partial charge in [-0.05, 0) is 42.3 Å². The van der Waals surface area contributed by atoms with E-state index >= 15 is 0 Å². The summed E-state index contributed by atoms with van der Waals surface area (Å²) in [7, 11) is 1.63. The van der Waals surface area contributed by atoms with Gasteiger partial charge in [0.05, 0.1) is 17.1 Å². The standard InChI is InChI=1S/C21H17ClN6O2S/c1-21(18-24-10-15(31-18)13-8-25-19(22)26-9-13)16(17(29)28(2)20(23)27-21)12-3-4-14-11(7-12)5-6-30-14/h3-10,16H,1-2H3,(H2,23,27)/t16-,21+/m1/s1. The number of aliphatic imine (C=N–C) groups is 1. The summed E-state index contributed by atoms with van der Waals surface area (Å²) in [5.41, 5.74) is 7.48. The lowest BCUT2D eigenvalue weighted by molar-refractivity contribution is -0.130. The lowest BCUT2D eigenvalue weighted by atomic mass is 9.79. The van der Waals surface area contributed by atoms with E-state index in [1.807, 2.05) is 31.2 Å². The zero-order valence-electron chi connectivity index (χ0n) is 16.6. The Morgan fingerprint density at radius 3 is 2.74 bits per heavy atom. The molecule has 31 heavy (non-hydrogen) atoms. The van der Waals surface area contributed by atoms with Crippen LogP contribution in [0.3, 0.4) is 0 Å². The molecule has 2 atom stereocenters. The van der Waals surface area contributed by atoms with Crippen LogP contribution in [0, 0.1) is 0 Å². The zero-order valence-corrected chi connectivity index (χ0v) is 18.2. The van der Waals surface area contributed by atoms with Gasteiger partial charge in [0.25, 0.3) is 0 Å². The maximum Gasteiger partial charge on any atom is 0.239 e. The number of carbonyl (C=O) groups is 1. The third-order valence-electron chi connectivity index (χ3n) is 5.48. The summed E-state index contributed by atoms with van der Waals surface area (Å²) in [5.74, 6) is -0.603. The Hall–Kier alpha value is -3.30. The number of guanidine groups is 1. The van der Waals surface area contributed by atoms with Gasteiger partial charge < -0.3 is 10.2 Å². The smallest absolute Gasteiger partial charge is 0.239 e. The SMILES string of the molecule is CN1C(=O)[C@@H](c2ccc3occc3c2)[C@@](C)(c2ncc(-c3cnc(Cl)nc3)s2)N=C1N. The average molecular weight is 453 g/mol. The van der Waals surface area contributed by atoms with E-state index in [-0.39, 0.29) is 17.2 Å². The molecule has 2 N–H and O–H groups in total. The van der Waals surface area contributed by atoms with Crippen LogP contribution in [-0.2, 0) is 10.3 Å². The van der Waals surface area contributed by atoms with Gasteiger partial charge in [0.15, 0.2) is 5.96 Å². The zero-order chi connectivity index (χ0) is 21.8. The Kier molecular flexibility index (Phi) is 4.53. The molecule has 1 aromatic carbocycles. The monoisotopic (exact) mass is 452 g/mol. The Balaban J connectivity index is 1.64. The lowest BCUT2D eigenvalue weighted by Crippen LogP contribution is -2.52. The molecule has 1 aliphatic rings. The molecule has 8 nitrogen and oxygen atoms in total. The number of hydrogen-bond acceptors (Lipinski definition) is 8. The highest BCUT2D eigenvalue weighted by Gasteiger charge is 2.49. The molecule has 0 aliphatic carbocycles. The van der Waals surface area contributed by atoms with Gasteiger partial charge in [0, 0.05) is 36.6 Å². The topological polar surface area (TPSA) is 110 Å². The first kappa shape index (κ1) is 19.7. The number of aromatic nitrogens is 3. The number of amides is 1. The number of fused-ring (bicyclic) bond motifs is 1. The number of benzene rings is 1. The van der Waals surface area contributed by atoms with Gasteiger partial charge in [-0.1, -0.05) is 6.07 Å². The van der Waals surface area contributed by atoms with Crippen molar-refractivity contribution in [3.8, 4) is 10.4 Å². The fourth-order valence-corrected chi connectivity index (χ4v) is 4.92. The highest BCUT2D eigenvalue weighted by Crippen LogP contribution is 2.46. The number of halogens is 1. The normalized spacial score (nSPS) is 21.5. The van der Waals surface area contributed by atoms with E-state index in [1.165, 1.54) is 16.2 Å². The molecule has 1 amide bonds. The van der Waals surface area contributed by atoms with E-state index in [0.717, 1.165) is 27.0 Å². The van der Waals surface area contributed by atoms with Crippen molar-refractivity contribution in [2.75, 3.05) is 7.05 Å². The molecule has 0 radical (unpaired) electrons. The molecule has 0 saturated carbocycles. The molecule has 3 aromatic heterocycles. The molecular formula is C21H17ClN6O2S. The molecule has 4 heterocycles. The second-order valence-corrected chi connectivity index (χ2v) is 8.80. The predicted molar refractivity (Wildman–Crippen MR) is 119 cm³/mol. The van der Waals surface area contributed by atoms with Crippen molar-refractivity contribution in [1.29, 1.82) is 0 Å². The van der Waals surface area contributed by atoms with Crippen molar-refractivity contribution >= 4 is 45.8 Å². The molecule has 0 unspecified atom stereocenters. The highest BCUT2D eigenvalue weighted by atomic mass is 35.5. The van der Waals surface area contributed by atoms with Crippen LogP contribution in [0.4, 0.5) is 0 Å². The molecule has 0 fully saturated rings. The molecule has 156 valence electrons. The number of nitrogens with zero attached hydrogens (tertiary/aromatic N) is 5. The van der Waals surface area contributed by atoms with Crippen molar-refractivity contribution in [2.45, 2.75) is 18.4 Å². The molecule has 10 heteroatoms. The van der Waals surface area contributed by atoms with Crippen LogP contribution >= 0.6 is 22.9 Å². The first-order valence-electron chi connectivity index (χ1n) is 9.41. The second kappa shape index (κ2) is 7.14. The van der Waals surface area contributed by atoms with E-state index in [2.05, 4.69) is 15.0 Å². The molecule has 5 rings (SSSR count). The number of furan rings is 1. The molecular weight excluding hydrogens is 436 g/mol. The summed E-state index contributed by atoms with van der Waals surface area (Å²) in [4.78, 5) is 33.0. The number of rotatable bonds is 3. The van der Waals surface area contributed by atoms with Gasteiger partial charge in [0.2, 0.25) is 11.2 Å². The average Bonchev–Trinajstić information content (AvgIpc) is 3.42. The Morgan fingerprint density at radius 2 is 1.97 bits per heavy atom. The van der Waals surface area contributed by atoms with Gasteiger partial charge in [-0.2, -0.15) is 0 Å². The fraction of sp³-hybridized carbons (Fsp3) is 0.190. The first-order valence-corrected chi connectivity index (χ1v) is 10.6. The predicted octanol–water partition coefficient (Wildman–Crippen LogP) is 3.79. The van der Waals surface area contributed by atoms with Crippen molar-refractivity contribution in [2.24, 2.45) is 10.7 Å². The molecule has 1 aliphatic heterocycles.